The zero-order valence-corrected chi connectivity index (χ0v) is 14.0. The summed E-state index contributed by atoms with van der Waals surface area (Å²) in [4.78, 5) is 23.0. The van der Waals surface area contributed by atoms with E-state index in [1.165, 1.54) is 30.5 Å². The zero-order chi connectivity index (χ0) is 18.4. The Labute approximate surface area is 149 Å². The largest absolute Gasteiger partial charge is 0.478 e. The van der Waals surface area contributed by atoms with Gasteiger partial charge in [-0.3, -0.25) is 4.79 Å². The molecule has 0 heterocycles. The number of carboxylic acids is 1. The Kier molecular flexibility index (Phi) is 5.77. The monoisotopic (exact) mass is 355 g/mol. The van der Waals surface area contributed by atoms with Crippen LogP contribution in [0.3, 0.4) is 0 Å². The minimum absolute atomic E-state index is 0.104. The van der Waals surface area contributed by atoms with Crippen molar-refractivity contribution in [3.05, 3.63) is 70.4 Å². The van der Waals surface area contributed by atoms with Crippen molar-refractivity contribution in [2.24, 2.45) is 0 Å². The Morgan fingerprint density at radius 3 is 2.48 bits per heavy atom. The topological polar surface area (TPSA) is 102 Å². The number of anilines is 2. The molecule has 0 saturated carbocycles. The lowest BCUT2D eigenvalue weighted by Crippen LogP contribution is -2.14. The van der Waals surface area contributed by atoms with Gasteiger partial charge in [0.05, 0.1) is 5.56 Å². The number of carboxylic acid groups (broad SMARTS) is 1. The van der Waals surface area contributed by atoms with E-state index in [2.05, 4.69) is 10.6 Å². The second kappa shape index (κ2) is 7.99. The average molecular weight is 356 g/mol. The molecule has 2 rings (SSSR count). The summed E-state index contributed by atoms with van der Waals surface area (Å²) in [6, 6.07) is 12.7. The van der Waals surface area contributed by atoms with E-state index in [1.54, 1.807) is 12.1 Å². The van der Waals surface area contributed by atoms with Crippen LogP contribution in [-0.2, 0) is 4.79 Å². The molecule has 0 bridgehead atoms. The number of carbonyl (C=O) groups excluding carboxylic acids is 1. The highest BCUT2D eigenvalue weighted by Crippen LogP contribution is 2.20. The molecule has 1 amide bonds. The second-order valence-corrected chi connectivity index (χ2v) is 5.55. The van der Waals surface area contributed by atoms with Crippen LogP contribution in [0.5, 0.6) is 0 Å². The predicted molar refractivity (Wildman–Crippen MR) is 95.5 cm³/mol. The molecule has 6 nitrogen and oxygen atoms in total. The van der Waals surface area contributed by atoms with Gasteiger partial charge in [0.25, 0.3) is 5.91 Å². The van der Waals surface area contributed by atoms with Crippen molar-refractivity contribution < 1.29 is 14.7 Å². The molecule has 0 fully saturated rings. The van der Waals surface area contributed by atoms with Crippen LogP contribution >= 0.6 is 11.6 Å². The van der Waals surface area contributed by atoms with Gasteiger partial charge in [-0.1, -0.05) is 17.7 Å². The quantitative estimate of drug-likeness (QED) is 0.559. The number of amides is 1. The highest BCUT2D eigenvalue weighted by Gasteiger charge is 2.10. The van der Waals surface area contributed by atoms with Gasteiger partial charge in [0.15, 0.2) is 0 Å². The predicted octanol–water partition coefficient (Wildman–Crippen LogP) is 3.80. The number of nitrogens with zero attached hydrogens (tertiary/aromatic N) is 1. The number of benzene rings is 2. The number of nitriles is 1. The molecule has 2 aromatic rings. The standard InChI is InChI=1S/C18H14ClN3O3/c1-11-2-5-14(19)8-16(11)21-10-13(9-20)17(23)22-15-6-3-12(4-7-15)18(24)25/h2-8,10,21H,1H3,(H,22,23)(H,24,25)/b13-10-. The van der Waals surface area contributed by atoms with E-state index in [9.17, 15) is 14.9 Å². The first-order valence-electron chi connectivity index (χ1n) is 7.18. The van der Waals surface area contributed by atoms with Gasteiger partial charge in [-0.05, 0) is 48.9 Å². The Hall–Kier alpha value is -3.30. The van der Waals surface area contributed by atoms with Crippen LogP contribution in [0.2, 0.25) is 5.02 Å². The first-order chi connectivity index (χ1) is 11.9. The molecule has 0 spiro atoms. The SMILES string of the molecule is Cc1ccc(Cl)cc1N/C=C(/C#N)C(=O)Nc1ccc(C(=O)O)cc1. The number of rotatable bonds is 5. The maximum Gasteiger partial charge on any atom is 0.335 e. The third kappa shape index (κ3) is 4.83. The van der Waals surface area contributed by atoms with Gasteiger partial charge < -0.3 is 15.7 Å². The molecular formula is C18H14ClN3O3. The number of nitrogens with one attached hydrogen (secondary N) is 2. The highest BCUT2D eigenvalue weighted by molar-refractivity contribution is 6.30. The third-order valence-electron chi connectivity index (χ3n) is 3.33. The lowest BCUT2D eigenvalue weighted by atomic mass is 10.2. The minimum atomic E-state index is -1.06. The van der Waals surface area contributed by atoms with Gasteiger partial charge in [0, 0.05) is 22.6 Å². The third-order valence-corrected chi connectivity index (χ3v) is 3.56. The Balaban J connectivity index is 2.11. The van der Waals surface area contributed by atoms with Gasteiger partial charge >= 0.3 is 5.97 Å². The van der Waals surface area contributed by atoms with Crippen LogP contribution in [0.15, 0.2) is 54.2 Å². The van der Waals surface area contributed by atoms with E-state index in [1.807, 2.05) is 19.1 Å². The van der Waals surface area contributed by atoms with Gasteiger partial charge in [-0.2, -0.15) is 5.26 Å². The van der Waals surface area contributed by atoms with Crippen molar-refractivity contribution in [2.45, 2.75) is 6.92 Å². The summed E-state index contributed by atoms with van der Waals surface area (Å²) in [5.74, 6) is -1.67. The first kappa shape index (κ1) is 18.0. The van der Waals surface area contributed by atoms with Crippen LogP contribution in [0.25, 0.3) is 0 Å². The smallest absolute Gasteiger partial charge is 0.335 e. The summed E-state index contributed by atoms with van der Waals surface area (Å²) in [6.07, 6.45) is 1.29. The van der Waals surface area contributed by atoms with Crippen molar-refractivity contribution in [2.75, 3.05) is 10.6 Å². The fraction of sp³-hybridized carbons (Fsp3) is 0.0556. The van der Waals surface area contributed by atoms with Gasteiger partial charge in [-0.15, -0.1) is 0 Å². The summed E-state index contributed by atoms with van der Waals surface area (Å²) >= 11 is 5.92. The van der Waals surface area contributed by atoms with Crippen LogP contribution in [-0.4, -0.2) is 17.0 Å². The van der Waals surface area contributed by atoms with Gasteiger partial charge in [0.2, 0.25) is 0 Å². The van der Waals surface area contributed by atoms with Gasteiger partial charge in [-0.25, -0.2) is 4.79 Å². The Morgan fingerprint density at radius 1 is 1.20 bits per heavy atom. The molecule has 0 radical (unpaired) electrons. The number of aryl methyl sites for hydroxylation is 1. The molecule has 0 unspecified atom stereocenters. The maximum absolute atomic E-state index is 12.2. The Bertz CT molecular complexity index is 883. The maximum atomic E-state index is 12.2. The lowest BCUT2D eigenvalue weighted by Gasteiger charge is -2.08. The molecule has 0 atom stereocenters. The summed E-state index contributed by atoms with van der Waals surface area (Å²) in [6.45, 7) is 1.86. The molecule has 2 aromatic carbocycles. The number of hydrogen-bond acceptors (Lipinski definition) is 4. The first-order valence-corrected chi connectivity index (χ1v) is 7.56. The molecule has 3 N–H and O–H groups in total. The molecule has 0 aliphatic carbocycles. The van der Waals surface area contributed by atoms with E-state index < -0.39 is 11.9 Å². The fourth-order valence-electron chi connectivity index (χ4n) is 1.94. The normalized spacial score (nSPS) is 10.7. The Morgan fingerprint density at radius 2 is 1.88 bits per heavy atom. The van der Waals surface area contributed by atoms with Crippen LogP contribution in [0.4, 0.5) is 11.4 Å². The lowest BCUT2D eigenvalue weighted by molar-refractivity contribution is -0.112. The van der Waals surface area contributed by atoms with Crippen LogP contribution < -0.4 is 10.6 Å². The second-order valence-electron chi connectivity index (χ2n) is 5.11. The van der Waals surface area contributed by atoms with Crippen molar-refractivity contribution in [3.63, 3.8) is 0 Å². The fourth-order valence-corrected chi connectivity index (χ4v) is 2.11. The van der Waals surface area contributed by atoms with Crippen LogP contribution in [0, 0.1) is 18.3 Å². The van der Waals surface area contributed by atoms with E-state index in [0.717, 1.165) is 5.56 Å². The summed E-state index contributed by atoms with van der Waals surface area (Å²) in [7, 11) is 0. The molecule has 0 aromatic heterocycles. The molecule has 0 aliphatic rings. The number of halogens is 1. The summed E-state index contributed by atoms with van der Waals surface area (Å²) < 4.78 is 0. The zero-order valence-electron chi connectivity index (χ0n) is 13.2. The van der Waals surface area contributed by atoms with E-state index in [-0.39, 0.29) is 11.1 Å². The molecule has 0 aliphatic heterocycles. The highest BCUT2D eigenvalue weighted by atomic mass is 35.5. The molecule has 7 heteroatoms. The number of carbonyl (C=O) groups is 2. The van der Waals surface area contributed by atoms with Crippen molar-refractivity contribution in [1.82, 2.24) is 0 Å². The van der Waals surface area contributed by atoms with Crippen molar-refractivity contribution >= 4 is 34.9 Å². The van der Waals surface area contributed by atoms with Crippen molar-refractivity contribution in [3.8, 4) is 6.07 Å². The molecular weight excluding hydrogens is 342 g/mol. The summed E-state index contributed by atoms with van der Waals surface area (Å²) in [5.41, 5.74) is 1.94. The molecule has 25 heavy (non-hydrogen) atoms. The average Bonchev–Trinajstić information content (AvgIpc) is 2.58. The summed E-state index contributed by atoms with van der Waals surface area (Å²) in [5, 5.41) is 24.0. The van der Waals surface area contributed by atoms with Gasteiger partial charge in [0.1, 0.15) is 11.6 Å². The van der Waals surface area contributed by atoms with E-state index in [4.69, 9.17) is 16.7 Å². The van der Waals surface area contributed by atoms with Crippen molar-refractivity contribution in [1.29, 1.82) is 5.26 Å². The number of hydrogen-bond donors (Lipinski definition) is 3. The molecule has 126 valence electrons. The molecule has 0 saturated heterocycles. The van der Waals surface area contributed by atoms with Crippen LogP contribution in [0.1, 0.15) is 15.9 Å². The van der Waals surface area contributed by atoms with E-state index >= 15 is 0 Å². The number of aromatic carboxylic acids is 1. The van der Waals surface area contributed by atoms with E-state index in [0.29, 0.717) is 16.4 Å². The minimum Gasteiger partial charge on any atom is -0.478 e.